The summed E-state index contributed by atoms with van der Waals surface area (Å²) in [6, 6.07) is 5.46. The second-order valence-electron chi connectivity index (χ2n) is 5.93. The van der Waals surface area contributed by atoms with E-state index in [1.807, 2.05) is 33.8 Å². The van der Waals surface area contributed by atoms with Crippen molar-refractivity contribution in [3.63, 3.8) is 0 Å². The van der Waals surface area contributed by atoms with E-state index in [2.05, 4.69) is 9.88 Å². The lowest BCUT2D eigenvalue weighted by molar-refractivity contribution is 0.0626. The first kappa shape index (κ1) is 15.2. The SMILES string of the molecule is O=C(c1ccoc1)N1CCN(Cc2cn3cc(Cl)ccc3n2)CC1. The molecule has 24 heavy (non-hydrogen) atoms. The van der Waals surface area contributed by atoms with Crippen molar-refractivity contribution in [1.82, 2.24) is 19.2 Å². The number of furan rings is 1. The van der Waals surface area contributed by atoms with E-state index in [-0.39, 0.29) is 5.91 Å². The van der Waals surface area contributed by atoms with E-state index in [0.717, 1.165) is 31.0 Å². The summed E-state index contributed by atoms with van der Waals surface area (Å²) in [5, 5.41) is 0.692. The number of rotatable bonds is 3. The molecule has 1 amide bonds. The van der Waals surface area contributed by atoms with E-state index < -0.39 is 0 Å². The van der Waals surface area contributed by atoms with E-state index in [9.17, 15) is 4.79 Å². The lowest BCUT2D eigenvalue weighted by Crippen LogP contribution is -2.48. The molecule has 1 saturated heterocycles. The summed E-state index contributed by atoms with van der Waals surface area (Å²) < 4.78 is 6.93. The highest BCUT2D eigenvalue weighted by Gasteiger charge is 2.23. The molecule has 0 N–H and O–H groups in total. The standard InChI is InChI=1S/C17H17ClN4O2/c18-14-1-2-16-19-15(11-22(16)9-14)10-20-4-6-21(7-5-20)17(23)13-3-8-24-12-13/h1-3,8-9,11-12H,4-7,10H2. The maximum absolute atomic E-state index is 12.3. The second-order valence-corrected chi connectivity index (χ2v) is 6.36. The highest BCUT2D eigenvalue weighted by Crippen LogP contribution is 2.15. The molecule has 1 aliphatic heterocycles. The van der Waals surface area contributed by atoms with Gasteiger partial charge in [0.25, 0.3) is 5.91 Å². The zero-order chi connectivity index (χ0) is 16.5. The minimum absolute atomic E-state index is 0.0331. The first-order valence-electron chi connectivity index (χ1n) is 7.86. The number of hydrogen-bond donors (Lipinski definition) is 0. The number of fused-ring (bicyclic) bond motifs is 1. The number of pyridine rings is 1. The normalized spacial score (nSPS) is 16.0. The Balaban J connectivity index is 1.38. The van der Waals surface area contributed by atoms with Gasteiger partial charge in [-0.3, -0.25) is 9.69 Å². The molecule has 1 fully saturated rings. The molecule has 0 unspecified atom stereocenters. The Morgan fingerprint density at radius 2 is 2.00 bits per heavy atom. The van der Waals surface area contributed by atoms with E-state index >= 15 is 0 Å². The Morgan fingerprint density at radius 1 is 1.17 bits per heavy atom. The van der Waals surface area contributed by atoms with Crippen LogP contribution in [0.4, 0.5) is 0 Å². The lowest BCUT2D eigenvalue weighted by Gasteiger charge is -2.34. The Labute approximate surface area is 144 Å². The number of aromatic nitrogens is 2. The van der Waals surface area contributed by atoms with Crippen molar-refractivity contribution in [3.05, 3.63) is 59.4 Å². The molecule has 3 aromatic heterocycles. The summed E-state index contributed by atoms with van der Waals surface area (Å²) >= 11 is 6.00. The van der Waals surface area contributed by atoms with Crippen LogP contribution < -0.4 is 0 Å². The molecule has 4 heterocycles. The molecular weight excluding hydrogens is 328 g/mol. The molecule has 124 valence electrons. The number of halogens is 1. The van der Waals surface area contributed by atoms with Crippen LogP contribution in [0.1, 0.15) is 16.1 Å². The monoisotopic (exact) mass is 344 g/mol. The average Bonchev–Trinajstić information content (AvgIpc) is 3.23. The second kappa shape index (κ2) is 6.30. The van der Waals surface area contributed by atoms with Gasteiger partial charge in [-0.15, -0.1) is 0 Å². The van der Waals surface area contributed by atoms with Gasteiger partial charge in [-0.25, -0.2) is 4.98 Å². The Kier molecular flexibility index (Phi) is 4.00. The highest BCUT2D eigenvalue weighted by atomic mass is 35.5. The number of piperazine rings is 1. The molecule has 0 atom stereocenters. The summed E-state index contributed by atoms with van der Waals surface area (Å²) in [5.41, 5.74) is 2.51. The van der Waals surface area contributed by atoms with Gasteiger partial charge in [0.1, 0.15) is 11.9 Å². The molecule has 0 radical (unpaired) electrons. The third kappa shape index (κ3) is 3.02. The van der Waals surface area contributed by atoms with Crippen LogP contribution in [0.3, 0.4) is 0 Å². The maximum atomic E-state index is 12.3. The fraction of sp³-hybridized carbons (Fsp3) is 0.294. The summed E-state index contributed by atoms with van der Waals surface area (Å²) in [6.07, 6.45) is 6.88. The zero-order valence-electron chi connectivity index (χ0n) is 13.1. The van der Waals surface area contributed by atoms with Gasteiger partial charge in [-0.2, -0.15) is 0 Å². The molecule has 7 heteroatoms. The van der Waals surface area contributed by atoms with Gasteiger partial charge in [-0.05, 0) is 18.2 Å². The Hall–Kier alpha value is -2.31. The quantitative estimate of drug-likeness (QED) is 0.732. The minimum atomic E-state index is 0.0331. The molecule has 0 aliphatic carbocycles. The van der Waals surface area contributed by atoms with Crippen LogP contribution in [0.2, 0.25) is 5.02 Å². The maximum Gasteiger partial charge on any atom is 0.257 e. The summed E-state index contributed by atoms with van der Waals surface area (Å²) in [5.74, 6) is 0.0331. The van der Waals surface area contributed by atoms with Crippen molar-refractivity contribution in [3.8, 4) is 0 Å². The van der Waals surface area contributed by atoms with E-state index in [0.29, 0.717) is 23.7 Å². The molecule has 0 bridgehead atoms. The molecule has 6 nitrogen and oxygen atoms in total. The summed E-state index contributed by atoms with van der Waals surface area (Å²) in [4.78, 5) is 21.1. The smallest absolute Gasteiger partial charge is 0.257 e. The van der Waals surface area contributed by atoms with E-state index in [4.69, 9.17) is 16.0 Å². The van der Waals surface area contributed by atoms with Crippen molar-refractivity contribution < 1.29 is 9.21 Å². The van der Waals surface area contributed by atoms with Crippen molar-refractivity contribution >= 4 is 23.2 Å². The Bertz CT molecular complexity index is 851. The van der Waals surface area contributed by atoms with Crippen LogP contribution in [0.5, 0.6) is 0 Å². The fourth-order valence-corrected chi connectivity index (χ4v) is 3.17. The predicted molar refractivity (Wildman–Crippen MR) is 90.1 cm³/mol. The molecule has 0 spiro atoms. The number of imidazole rings is 1. The Morgan fingerprint density at radius 3 is 2.75 bits per heavy atom. The highest BCUT2D eigenvalue weighted by molar-refractivity contribution is 6.30. The summed E-state index contributed by atoms with van der Waals surface area (Å²) in [6.45, 7) is 3.86. The number of carbonyl (C=O) groups is 1. The first-order chi connectivity index (χ1) is 11.7. The summed E-state index contributed by atoms with van der Waals surface area (Å²) in [7, 11) is 0. The first-order valence-corrected chi connectivity index (χ1v) is 8.24. The minimum Gasteiger partial charge on any atom is -0.472 e. The number of amides is 1. The number of hydrogen-bond acceptors (Lipinski definition) is 4. The molecule has 0 aromatic carbocycles. The van der Waals surface area contributed by atoms with Gasteiger partial charge < -0.3 is 13.7 Å². The molecule has 0 saturated carbocycles. The van der Waals surface area contributed by atoms with Crippen LogP contribution in [0.15, 0.2) is 47.5 Å². The van der Waals surface area contributed by atoms with Crippen LogP contribution in [-0.4, -0.2) is 51.3 Å². The predicted octanol–water partition coefficient (Wildman–Crippen LogP) is 2.54. The van der Waals surface area contributed by atoms with E-state index in [1.165, 1.54) is 12.5 Å². The van der Waals surface area contributed by atoms with Gasteiger partial charge in [0.05, 0.1) is 22.5 Å². The molecular formula is C17H17ClN4O2. The van der Waals surface area contributed by atoms with Crippen molar-refractivity contribution in [2.45, 2.75) is 6.54 Å². The molecule has 3 aromatic rings. The molecule has 1 aliphatic rings. The van der Waals surface area contributed by atoms with Crippen LogP contribution in [0, 0.1) is 0 Å². The van der Waals surface area contributed by atoms with Crippen LogP contribution >= 0.6 is 11.6 Å². The van der Waals surface area contributed by atoms with Gasteiger partial charge >= 0.3 is 0 Å². The number of nitrogens with zero attached hydrogens (tertiary/aromatic N) is 4. The van der Waals surface area contributed by atoms with Gasteiger partial charge in [0.2, 0.25) is 0 Å². The third-order valence-corrected chi connectivity index (χ3v) is 4.50. The third-order valence-electron chi connectivity index (χ3n) is 4.28. The van der Waals surface area contributed by atoms with Crippen LogP contribution in [0.25, 0.3) is 5.65 Å². The van der Waals surface area contributed by atoms with Crippen molar-refractivity contribution in [1.29, 1.82) is 0 Å². The van der Waals surface area contributed by atoms with Crippen molar-refractivity contribution in [2.75, 3.05) is 26.2 Å². The largest absolute Gasteiger partial charge is 0.472 e. The zero-order valence-corrected chi connectivity index (χ0v) is 13.8. The van der Waals surface area contributed by atoms with Crippen molar-refractivity contribution in [2.24, 2.45) is 0 Å². The van der Waals surface area contributed by atoms with Gasteiger partial charge in [0, 0.05) is 45.1 Å². The number of carbonyl (C=O) groups excluding carboxylic acids is 1. The van der Waals surface area contributed by atoms with Gasteiger partial charge in [-0.1, -0.05) is 11.6 Å². The lowest BCUT2D eigenvalue weighted by atomic mass is 10.2. The van der Waals surface area contributed by atoms with Gasteiger partial charge in [0.15, 0.2) is 0 Å². The fourth-order valence-electron chi connectivity index (χ4n) is 3.00. The van der Waals surface area contributed by atoms with E-state index in [1.54, 1.807) is 6.07 Å². The average molecular weight is 345 g/mol. The topological polar surface area (TPSA) is 54.0 Å². The van der Waals surface area contributed by atoms with Crippen LogP contribution in [-0.2, 0) is 6.54 Å². The molecule has 4 rings (SSSR count).